The third-order valence-electron chi connectivity index (χ3n) is 11.8. The Balaban J connectivity index is 1.04. The summed E-state index contributed by atoms with van der Waals surface area (Å²) in [6.07, 6.45) is 0. The van der Waals surface area contributed by atoms with Crippen molar-refractivity contribution in [3.8, 4) is 67.5 Å². The number of nitrogens with zero attached hydrogens (tertiary/aromatic N) is 3. The Labute approximate surface area is 323 Å². The first-order valence-corrected chi connectivity index (χ1v) is 19.0. The van der Waals surface area contributed by atoms with Gasteiger partial charge in [0.05, 0.1) is 5.41 Å². The molecule has 0 aliphatic heterocycles. The van der Waals surface area contributed by atoms with E-state index >= 15 is 0 Å². The van der Waals surface area contributed by atoms with E-state index < -0.39 is 0 Å². The summed E-state index contributed by atoms with van der Waals surface area (Å²) < 4.78 is 6.51. The van der Waals surface area contributed by atoms with Crippen molar-refractivity contribution in [3.63, 3.8) is 0 Å². The van der Waals surface area contributed by atoms with E-state index in [0.29, 0.717) is 17.5 Å². The fourth-order valence-electron chi connectivity index (χ4n) is 9.40. The molecule has 8 aromatic carbocycles. The predicted octanol–water partition coefficient (Wildman–Crippen LogP) is 12.8. The number of fused-ring (bicyclic) bond motifs is 13. The van der Waals surface area contributed by atoms with Crippen LogP contribution in [0.5, 0.6) is 0 Å². The van der Waals surface area contributed by atoms with Crippen LogP contribution in [0.15, 0.2) is 192 Å². The molecule has 10 aromatic rings. The van der Waals surface area contributed by atoms with Gasteiger partial charge in [-0.2, -0.15) is 0 Å². The Morgan fingerprint density at radius 2 is 0.804 bits per heavy atom. The van der Waals surface area contributed by atoms with Crippen LogP contribution in [0.2, 0.25) is 0 Å². The molecule has 0 saturated carbocycles. The molecule has 56 heavy (non-hydrogen) atoms. The highest BCUT2D eigenvalue weighted by Gasteiger charge is 2.51. The number of hydrogen-bond acceptors (Lipinski definition) is 4. The highest BCUT2D eigenvalue weighted by molar-refractivity contribution is 6.13. The molecule has 0 saturated heterocycles. The number of furan rings is 1. The van der Waals surface area contributed by atoms with Crippen LogP contribution in [0.4, 0.5) is 0 Å². The summed E-state index contributed by atoms with van der Waals surface area (Å²) in [5, 5.41) is 2.00. The minimum Gasteiger partial charge on any atom is -0.456 e. The Kier molecular flexibility index (Phi) is 6.52. The monoisotopic (exact) mass is 713 g/mol. The molecule has 4 nitrogen and oxygen atoms in total. The Hall–Kier alpha value is -7.43. The van der Waals surface area contributed by atoms with Gasteiger partial charge in [-0.15, -0.1) is 0 Å². The molecule has 2 heterocycles. The Morgan fingerprint density at radius 1 is 0.321 bits per heavy atom. The van der Waals surface area contributed by atoms with E-state index in [0.717, 1.165) is 49.8 Å². The van der Waals surface area contributed by atoms with E-state index in [1.54, 1.807) is 0 Å². The first-order valence-electron chi connectivity index (χ1n) is 19.0. The molecule has 4 heteroatoms. The lowest BCUT2D eigenvalue weighted by Crippen LogP contribution is -2.25. The Morgan fingerprint density at radius 3 is 1.43 bits per heavy atom. The SMILES string of the molecule is c1ccc(-c2nc(-c3ccccc3)nc(-c3cccc4oc5ccc(-c6ccc7c(c6)-c6ccccc6C76c7ccccc7-c7ccccc76)cc5c34)n2)cc1. The molecular weight excluding hydrogens is 683 g/mol. The van der Waals surface area contributed by atoms with E-state index in [-0.39, 0.29) is 5.41 Å². The Bertz CT molecular complexity index is 3100. The normalized spacial score (nSPS) is 13.1. The number of rotatable bonds is 4. The molecule has 12 rings (SSSR count). The molecule has 2 aliphatic rings. The second kappa shape index (κ2) is 11.8. The van der Waals surface area contributed by atoms with Gasteiger partial charge in [-0.25, -0.2) is 15.0 Å². The minimum absolute atomic E-state index is 0.362. The van der Waals surface area contributed by atoms with E-state index in [9.17, 15) is 0 Å². The third kappa shape index (κ3) is 4.32. The van der Waals surface area contributed by atoms with Crippen LogP contribution in [-0.4, -0.2) is 15.0 Å². The van der Waals surface area contributed by atoms with Gasteiger partial charge < -0.3 is 4.42 Å². The highest BCUT2D eigenvalue weighted by atomic mass is 16.3. The summed E-state index contributed by atoms with van der Waals surface area (Å²) >= 11 is 0. The fraction of sp³-hybridized carbons (Fsp3) is 0.0192. The first-order chi connectivity index (χ1) is 27.8. The molecule has 0 unspecified atom stereocenters. The van der Waals surface area contributed by atoms with Gasteiger partial charge >= 0.3 is 0 Å². The summed E-state index contributed by atoms with van der Waals surface area (Å²) in [7, 11) is 0. The van der Waals surface area contributed by atoms with Gasteiger partial charge in [0.1, 0.15) is 11.2 Å². The van der Waals surface area contributed by atoms with Crippen LogP contribution in [0.25, 0.3) is 89.5 Å². The lowest BCUT2D eigenvalue weighted by atomic mass is 9.70. The molecule has 0 bridgehead atoms. The predicted molar refractivity (Wildman–Crippen MR) is 225 cm³/mol. The molecule has 260 valence electrons. The maximum Gasteiger partial charge on any atom is 0.164 e. The van der Waals surface area contributed by atoms with Crippen molar-refractivity contribution in [2.45, 2.75) is 5.41 Å². The lowest BCUT2D eigenvalue weighted by Gasteiger charge is -2.30. The highest BCUT2D eigenvalue weighted by Crippen LogP contribution is 2.63. The van der Waals surface area contributed by atoms with Gasteiger partial charge in [0.2, 0.25) is 0 Å². The summed E-state index contributed by atoms with van der Waals surface area (Å²) in [5.74, 6) is 1.86. The molecule has 0 N–H and O–H groups in total. The lowest BCUT2D eigenvalue weighted by molar-refractivity contribution is 0.669. The maximum atomic E-state index is 6.51. The average molecular weight is 714 g/mol. The number of hydrogen-bond donors (Lipinski definition) is 0. The van der Waals surface area contributed by atoms with E-state index in [2.05, 4.69) is 115 Å². The molecule has 0 fully saturated rings. The number of aromatic nitrogens is 3. The van der Waals surface area contributed by atoms with Crippen molar-refractivity contribution < 1.29 is 4.42 Å². The quantitative estimate of drug-likeness (QED) is 0.182. The molecule has 0 atom stereocenters. The summed E-state index contributed by atoms with van der Waals surface area (Å²) in [4.78, 5) is 15.1. The van der Waals surface area contributed by atoms with Crippen molar-refractivity contribution >= 4 is 21.9 Å². The largest absolute Gasteiger partial charge is 0.456 e. The molecule has 2 aliphatic carbocycles. The van der Waals surface area contributed by atoms with Gasteiger partial charge in [0.15, 0.2) is 17.5 Å². The second-order valence-corrected chi connectivity index (χ2v) is 14.7. The fourth-order valence-corrected chi connectivity index (χ4v) is 9.40. The van der Waals surface area contributed by atoms with Crippen LogP contribution in [0.3, 0.4) is 0 Å². The van der Waals surface area contributed by atoms with Crippen LogP contribution in [-0.2, 0) is 5.41 Å². The minimum atomic E-state index is -0.362. The van der Waals surface area contributed by atoms with Gasteiger partial charge in [-0.05, 0) is 79.9 Å². The van der Waals surface area contributed by atoms with Crippen LogP contribution in [0.1, 0.15) is 22.3 Å². The van der Waals surface area contributed by atoms with Crippen molar-refractivity contribution in [1.29, 1.82) is 0 Å². The zero-order chi connectivity index (χ0) is 36.8. The van der Waals surface area contributed by atoms with Crippen molar-refractivity contribution in [2.24, 2.45) is 0 Å². The molecule has 0 amide bonds. The van der Waals surface area contributed by atoms with E-state index in [1.165, 1.54) is 44.5 Å². The van der Waals surface area contributed by atoms with Gasteiger partial charge in [0.25, 0.3) is 0 Å². The zero-order valence-corrected chi connectivity index (χ0v) is 30.1. The van der Waals surface area contributed by atoms with Gasteiger partial charge in [-0.3, -0.25) is 0 Å². The van der Waals surface area contributed by atoms with Gasteiger partial charge in [-0.1, -0.05) is 164 Å². The van der Waals surface area contributed by atoms with E-state index in [4.69, 9.17) is 19.4 Å². The van der Waals surface area contributed by atoms with Crippen molar-refractivity contribution in [2.75, 3.05) is 0 Å². The van der Waals surface area contributed by atoms with Crippen LogP contribution >= 0.6 is 0 Å². The zero-order valence-electron chi connectivity index (χ0n) is 30.1. The summed E-state index contributed by atoms with van der Waals surface area (Å²) in [6, 6.07) is 66.8. The summed E-state index contributed by atoms with van der Waals surface area (Å²) in [6.45, 7) is 0. The van der Waals surface area contributed by atoms with Crippen molar-refractivity contribution in [3.05, 3.63) is 210 Å². The maximum absolute atomic E-state index is 6.51. The topological polar surface area (TPSA) is 51.8 Å². The van der Waals surface area contributed by atoms with E-state index in [1.807, 2.05) is 72.8 Å². The standard InChI is InChI=1S/C52H31N3O/c1-3-14-32(15-4-1)49-53-50(33-16-5-2-6-17-33)55-51(54-49)39-21-13-25-47-48(39)41-31-35(27-29-46(41)56-47)34-26-28-45-40(30-34)38-20-9-12-24-44(38)52(45)42-22-10-7-18-36(42)37-19-8-11-23-43(37)52/h1-31H. The molecule has 1 spiro atoms. The van der Waals surface area contributed by atoms with Crippen LogP contribution in [0, 0.1) is 0 Å². The first kappa shape index (κ1) is 31.0. The second-order valence-electron chi connectivity index (χ2n) is 14.7. The molecular formula is C52H31N3O. The summed E-state index contributed by atoms with van der Waals surface area (Å²) in [5.41, 5.74) is 16.8. The van der Waals surface area contributed by atoms with Crippen LogP contribution < -0.4 is 0 Å². The molecule has 0 radical (unpaired) electrons. The van der Waals surface area contributed by atoms with Gasteiger partial charge in [0, 0.05) is 27.5 Å². The van der Waals surface area contributed by atoms with Crippen molar-refractivity contribution in [1.82, 2.24) is 15.0 Å². The number of benzene rings is 8. The smallest absolute Gasteiger partial charge is 0.164 e. The third-order valence-corrected chi connectivity index (χ3v) is 11.8. The average Bonchev–Trinajstić information content (AvgIpc) is 3.90. The molecule has 2 aromatic heterocycles.